The fourth-order valence-corrected chi connectivity index (χ4v) is 3.85. The molecule has 1 saturated heterocycles. The number of hydrogen-bond acceptors (Lipinski definition) is 3. The lowest BCUT2D eigenvalue weighted by Gasteiger charge is -2.34. The van der Waals surface area contributed by atoms with Crippen molar-refractivity contribution in [3.05, 3.63) is 107 Å². The summed E-state index contributed by atoms with van der Waals surface area (Å²) in [6.07, 6.45) is 0. The van der Waals surface area contributed by atoms with Gasteiger partial charge >= 0.3 is 0 Å². The van der Waals surface area contributed by atoms with Gasteiger partial charge < -0.3 is 5.32 Å². The maximum atomic E-state index is 12.4. The van der Waals surface area contributed by atoms with Gasteiger partial charge in [-0.3, -0.25) is 14.6 Å². The summed E-state index contributed by atoms with van der Waals surface area (Å²) in [4.78, 5) is 17.4. The highest BCUT2D eigenvalue weighted by atomic mass is 16.1. The summed E-state index contributed by atoms with van der Waals surface area (Å²) in [5.74, 6) is -0.0278. The number of piperazine rings is 1. The predicted molar refractivity (Wildman–Crippen MR) is 121 cm³/mol. The average Bonchev–Trinajstić information content (AvgIpc) is 2.81. The van der Waals surface area contributed by atoms with E-state index in [2.05, 4.69) is 57.6 Å². The van der Waals surface area contributed by atoms with Crippen LogP contribution in [0.25, 0.3) is 0 Å². The van der Waals surface area contributed by atoms with Crippen molar-refractivity contribution < 1.29 is 4.79 Å². The zero-order valence-corrected chi connectivity index (χ0v) is 17.3. The van der Waals surface area contributed by atoms with Crippen molar-refractivity contribution in [1.29, 1.82) is 0 Å². The van der Waals surface area contributed by atoms with E-state index in [0.717, 1.165) is 44.8 Å². The lowest BCUT2D eigenvalue weighted by molar-refractivity contribution is 0.0951. The standard InChI is InChI=1S/C26H29N3O/c30-26(27-19-22-7-3-1-4-8-22)25-13-11-24(12-14-25)21-29-17-15-28(16-18-29)20-23-9-5-2-6-10-23/h1-14H,15-21H2,(H,27,30). The smallest absolute Gasteiger partial charge is 0.251 e. The predicted octanol–water partition coefficient (Wildman–Crippen LogP) is 3.93. The number of benzene rings is 3. The molecule has 1 fully saturated rings. The Bertz CT molecular complexity index is 918. The molecule has 0 saturated carbocycles. The van der Waals surface area contributed by atoms with Crippen molar-refractivity contribution in [2.75, 3.05) is 26.2 Å². The van der Waals surface area contributed by atoms with Crippen LogP contribution in [0.3, 0.4) is 0 Å². The highest BCUT2D eigenvalue weighted by molar-refractivity contribution is 5.94. The molecule has 0 aliphatic carbocycles. The lowest BCUT2D eigenvalue weighted by atomic mass is 10.1. The minimum Gasteiger partial charge on any atom is -0.348 e. The maximum Gasteiger partial charge on any atom is 0.251 e. The van der Waals surface area contributed by atoms with Crippen LogP contribution in [0.15, 0.2) is 84.9 Å². The Morgan fingerprint density at radius 3 is 1.63 bits per heavy atom. The first-order valence-electron chi connectivity index (χ1n) is 10.7. The summed E-state index contributed by atoms with van der Waals surface area (Å²) in [6.45, 7) is 6.85. The molecular weight excluding hydrogens is 370 g/mol. The van der Waals surface area contributed by atoms with Gasteiger partial charge in [-0.05, 0) is 28.8 Å². The Morgan fingerprint density at radius 2 is 1.10 bits per heavy atom. The van der Waals surface area contributed by atoms with E-state index in [-0.39, 0.29) is 5.91 Å². The van der Waals surface area contributed by atoms with Crippen molar-refractivity contribution in [3.8, 4) is 0 Å². The number of nitrogens with one attached hydrogen (secondary N) is 1. The average molecular weight is 400 g/mol. The molecule has 1 aliphatic rings. The van der Waals surface area contributed by atoms with Crippen LogP contribution in [0, 0.1) is 0 Å². The lowest BCUT2D eigenvalue weighted by Crippen LogP contribution is -2.45. The van der Waals surface area contributed by atoms with E-state index in [1.54, 1.807) is 0 Å². The first-order valence-corrected chi connectivity index (χ1v) is 10.7. The number of amides is 1. The molecule has 0 spiro atoms. The molecular formula is C26H29N3O. The highest BCUT2D eigenvalue weighted by Crippen LogP contribution is 2.12. The minimum absolute atomic E-state index is 0.0278. The highest BCUT2D eigenvalue weighted by Gasteiger charge is 2.17. The summed E-state index contributed by atoms with van der Waals surface area (Å²) in [5, 5.41) is 2.99. The summed E-state index contributed by atoms with van der Waals surface area (Å²) in [6, 6.07) is 28.7. The van der Waals surface area contributed by atoms with Gasteiger partial charge in [0.1, 0.15) is 0 Å². The van der Waals surface area contributed by atoms with Gasteiger partial charge in [0.05, 0.1) is 0 Å². The Hall–Kier alpha value is -2.95. The van der Waals surface area contributed by atoms with E-state index in [9.17, 15) is 4.79 Å². The van der Waals surface area contributed by atoms with E-state index in [4.69, 9.17) is 0 Å². The summed E-state index contributed by atoms with van der Waals surface area (Å²) in [7, 11) is 0. The van der Waals surface area contributed by atoms with Crippen LogP contribution in [-0.2, 0) is 19.6 Å². The van der Waals surface area contributed by atoms with Gasteiger partial charge in [-0.1, -0.05) is 72.8 Å². The molecule has 4 nitrogen and oxygen atoms in total. The third-order valence-electron chi connectivity index (χ3n) is 5.63. The molecule has 1 amide bonds. The van der Waals surface area contributed by atoms with Crippen molar-refractivity contribution >= 4 is 5.91 Å². The molecule has 154 valence electrons. The van der Waals surface area contributed by atoms with Gasteiger partial charge in [-0.25, -0.2) is 0 Å². The molecule has 4 rings (SSSR count). The summed E-state index contributed by atoms with van der Waals surface area (Å²) >= 11 is 0. The first-order chi connectivity index (χ1) is 14.8. The number of hydrogen-bond donors (Lipinski definition) is 1. The van der Waals surface area contributed by atoms with Crippen LogP contribution in [0.2, 0.25) is 0 Å². The molecule has 3 aromatic rings. The molecule has 0 atom stereocenters. The van der Waals surface area contributed by atoms with Gasteiger partial charge in [-0.2, -0.15) is 0 Å². The van der Waals surface area contributed by atoms with Crippen LogP contribution in [0.4, 0.5) is 0 Å². The number of carbonyl (C=O) groups excluding carboxylic acids is 1. The van der Waals surface area contributed by atoms with Crippen molar-refractivity contribution in [1.82, 2.24) is 15.1 Å². The van der Waals surface area contributed by atoms with Gasteiger partial charge in [0.25, 0.3) is 5.91 Å². The Balaban J connectivity index is 1.22. The fourth-order valence-electron chi connectivity index (χ4n) is 3.85. The van der Waals surface area contributed by atoms with Crippen LogP contribution in [0.5, 0.6) is 0 Å². The number of nitrogens with zero attached hydrogens (tertiary/aromatic N) is 2. The maximum absolute atomic E-state index is 12.4. The normalized spacial score (nSPS) is 15.1. The molecule has 4 heteroatoms. The summed E-state index contributed by atoms with van der Waals surface area (Å²) < 4.78 is 0. The molecule has 30 heavy (non-hydrogen) atoms. The molecule has 0 bridgehead atoms. The zero-order chi connectivity index (χ0) is 20.6. The Morgan fingerprint density at radius 1 is 0.633 bits per heavy atom. The van der Waals surface area contributed by atoms with Gasteiger partial charge in [0.2, 0.25) is 0 Å². The second kappa shape index (κ2) is 10.2. The molecule has 0 aromatic heterocycles. The number of carbonyl (C=O) groups is 1. The van der Waals surface area contributed by atoms with Crippen LogP contribution >= 0.6 is 0 Å². The topological polar surface area (TPSA) is 35.6 Å². The van der Waals surface area contributed by atoms with Gasteiger partial charge in [0.15, 0.2) is 0 Å². The van der Waals surface area contributed by atoms with Crippen molar-refractivity contribution in [2.45, 2.75) is 19.6 Å². The second-order valence-electron chi connectivity index (χ2n) is 7.90. The Kier molecular flexibility index (Phi) is 6.91. The largest absolute Gasteiger partial charge is 0.348 e. The molecule has 1 N–H and O–H groups in total. The molecule has 3 aromatic carbocycles. The molecule has 1 heterocycles. The fraction of sp³-hybridized carbons (Fsp3) is 0.269. The third-order valence-corrected chi connectivity index (χ3v) is 5.63. The number of rotatable bonds is 7. The minimum atomic E-state index is -0.0278. The van der Waals surface area contributed by atoms with E-state index in [1.165, 1.54) is 11.1 Å². The van der Waals surface area contributed by atoms with Gasteiger partial charge in [-0.15, -0.1) is 0 Å². The van der Waals surface area contributed by atoms with Crippen LogP contribution in [0.1, 0.15) is 27.0 Å². The SMILES string of the molecule is O=C(NCc1ccccc1)c1ccc(CN2CCN(Cc3ccccc3)CC2)cc1. The first kappa shape index (κ1) is 20.3. The van der Waals surface area contributed by atoms with Crippen LogP contribution in [-0.4, -0.2) is 41.9 Å². The van der Waals surface area contributed by atoms with Crippen molar-refractivity contribution in [2.24, 2.45) is 0 Å². The molecule has 1 aliphatic heterocycles. The van der Waals surface area contributed by atoms with E-state index < -0.39 is 0 Å². The van der Waals surface area contributed by atoms with E-state index in [0.29, 0.717) is 12.1 Å². The summed E-state index contributed by atoms with van der Waals surface area (Å²) in [5.41, 5.74) is 4.45. The second-order valence-corrected chi connectivity index (χ2v) is 7.90. The third kappa shape index (κ3) is 5.78. The van der Waals surface area contributed by atoms with E-state index in [1.807, 2.05) is 42.5 Å². The monoisotopic (exact) mass is 399 g/mol. The molecule has 0 radical (unpaired) electrons. The zero-order valence-electron chi connectivity index (χ0n) is 17.3. The quantitative estimate of drug-likeness (QED) is 0.654. The Labute approximate surface area is 179 Å². The van der Waals surface area contributed by atoms with E-state index >= 15 is 0 Å². The van der Waals surface area contributed by atoms with Crippen LogP contribution < -0.4 is 5.32 Å². The van der Waals surface area contributed by atoms with Gasteiger partial charge in [0, 0.05) is 51.4 Å². The van der Waals surface area contributed by atoms with Crippen molar-refractivity contribution in [3.63, 3.8) is 0 Å². The molecule has 0 unspecified atom stereocenters.